The molecule has 4 heteroatoms. The zero-order valence-corrected chi connectivity index (χ0v) is 15.4. The average Bonchev–Trinajstić information content (AvgIpc) is 2.65. The molecule has 0 amide bonds. The Morgan fingerprint density at radius 3 is 1.85 bits per heavy atom. The van der Waals surface area contributed by atoms with Crippen molar-refractivity contribution in [1.82, 2.24) is 0 Å². The van der Waals surface area contributed by atoms with E-state index in [4.69, 9.17) is 10.0 Å². The van der Waals surface area contributed by atoms with Gasteiger partial charge in [0, 0.05) is 5.71 Å². The van der Waals surface area contributed by atoms with Crippen LogP contribution in [0.15, 0.2) is 83.9 Å². The van der Waals surface area contributed by atoms with E-state index in [0.29, 0.717) is 5.46 Å². The third-order valence-corrected chi connectivity index (χ3v) is 3.97. The van der Waals surface area contributed by atoms with Gasteiger partial charge in [-0.3, -0.25) is 4.99 Å². The van der Waals surface area contributed by atoms with Crippen LogP contribution in [-0.4, -0.2) is 22.9 Å². The third-order valence-electron chi connectivity index (χ3n) is 3.97. The molecule has 132 valence electrons. The van der Waals surface area contributed by atoms with Crippen LogP contribution in [0.2, 0.25) is 0 Å². The highest BCUT2D eigenvalue weighted by atomic mass is 16.4. The minimum atomic E-state index is -1.43. The lowest BCUT2D eigenvalue weighted by Gasteiger charge is -2.05. The van der Waals surface area contributed by atoms with Crippen molar-refractivity contribution in [3.63, 3.8) is 0 Å². The number of rotatable bonds is 3. The molecule has 3 rings (SSSR count). The molecule has 0 aliphatic heterocycles. The van der Waals surface area contributed by atoms with Gasteiger partial charge in [0.05, 0.1) is 5.69 Å². The van der Waals surface area contributed by atoms with Gasteiger partial charge >= 0.3 is 7.12 Å². The van der Waals surface area contributed by atoms with E-state index < -0.39 is 7.12 Å². The first-order chi connectivity index (χ1) is 12.5. The van der Waals surface area contributed by atoms with Crippen LogP contribution < -0.4 is 5.46 Å². The van der Waals surface area contributed by atoms with Crippen LogP contribution >= 0.6 is 0 Å². The van der Waals surface area contributed by atoms with Gasteiger partial charge in [-0.25, -0.2) is 0 Å². The number of benzene rings is 3. The Morgan fingerprint density at radius 2 is 1.35 bits per heavy atom. The molecule has 3 aromatic rings. The Kier molecular flexibility index (Phi) is 7.33. The van der Waals surface area contributed by atoms with Crippen LogP contribution in [0.1, 0.15) is 23.6 Å². The highest BCUT2D eigenvalue weighted by Crippen LogP contribution is 2.18. The standard InChI is InChI=1S/C15H16BNO2.C7H8/c1-11-5-3-4-6-15(11)17-12(2)13-7-9-14(10-8-13)16(18)19;1-7-5-3-2-4-6-7/h3-10,18-19H,1-2H3;2-6H,1H3. The van der Waals surface area contributed by atoms with Gasteiger partial charge in [0.25, 0.3) is 0 Å². The van der Waals surface area contributed by atoms with Crippen molar-refractivity contribution in [1.29, 1.82) is 0 Å². The number of hydrogen-bond acceptors (Lipinski definition) is 3. The minimum Gasteiger partial charge on any atom is -0.423 e. The molecular weight excluding hydrogens is 321 g/mol. The first-order valence-electron chi connectivity index (χ1n) is 8.56. The summed E-state index contributed by atoms with van der Waals surface area (Å²) >= 11 is 0. The van der Waals surface area contributed by atoms with Crippen LogP contribution in [0.3, 0.4) is 0 Å². The normalized spacial score (nSPS) is 10.7. The van der Waals surface area contributed by atoms with Gasteiger partial charge in [0.1, 0.15) is 0 Å². The highest BCUT2D eigenvalue weighted by Gasteiger charge is 2.10. The number of nitrogens with zero attached hydrogens (tertiary/aromatic N) is 1. The summed E-state index contributed by atoms with van der Waals surface area (Å²) in [5.41, 5.74) is 5.74. The number of aliphatic imine (C=N–C) groups is 1. The molecule has 26 heavy (non-hydrogen) atoms. The Balaban J connectivity index is 0.000000290. The van der Waals surface area contributed by atoms with Gasteiger partial charge in [-0.2, -0.15) is 0 Å². The molecular formula is C22H24BNO2. The van der Waals surface area contributed by atoms with E-state index in [-0.39, 0.29) is 0 Å². The van der Waals surface area contributed by atoms with Crippen LogP contribution in [-0.2, 0) is 0 Å². The maximum absolute atomic E-state index is 9.05. The summed E-state index contributed by atoms with van der Waals surface area (Å²) in [4.78, 5) is 4.59. The second-order valence-corrected chi connectivity index (χ2v) is 6.13. The van der Waals surface area contributed by atoms with Crippen molar-refractivity contribution in [3.05, 3.63) is 95.6 Å². The smallest absolute Gasteiger partial charge is 0.423 e. The Hall–Kier alpha value is -2.69. The van der Waals surface area contributed by atoms with Gasteiger partial charge in [0.2, 0.25) is 0 Å². The van der Waals surface area contributed by atoms with Gasteiger partial charge in [-0.05, 0) is 43.4 Å². The van der Waals surface area contributed by atoms with Crippen molar-refractivity contribution in [2.75, 3.05) is 0 Å². The fraction of sp³-hybridized carbons (Fsp3) is 0.136. The van der Waals surface area contributed by atoms with E-state index in [9.17, 15) is 0 Å². The molecule has 0 fully saturated rings. The highest BCUT2D eigenvalue weighted by molar-refractivity contribution is 6.58. The van der Waals surface area contributed by atoms with Crippen LogP contribution in [0.4, 0.5) is 5.69 Å². The van der Waals surface area contributed by atoms with E-state index >= 15 is 0 Å². The lowest BCUT2D eigenvalue weighted by Crippen LogP contribution is -2.29. The molecule has 0 aliphatic carbocycles. The van der Waals surface area contributed by atoms with E-state index in [1.54, 1.807) is 12.1 Å². The van der Waals surface area contributed by atoms with Crippen molar-refractivity contribution in [2.45, 2.75) is 20.8 Å². The Morgan fingerprint density at radius 1 is 0.769 bits per heavy atom. The predicted molar refractivity (Wildman–Crippen MR) is 110 cm³/mol. The van der Waals surface area contributed by atoms with Crippen molar-refractivity contribution in [2.24, 2.45) is 4.99 Å². The summed E-state index contributed by atoms with van der Waals surface area (Å²) in [5.74, 6) is 0. The fourth-order valence-electron chi connectivity index (χ4n) is 2.36. The third kappa shape index (κ3) is 5.99. The molecule has 0 saturated heterocycles. The van der Waals surface area contributed by atoms with Crippen molar-refractivity contribution in [3.8, 4) is 0 Å². The van der Waals surface area contributed by atoms with Crippen LogP contribution in [0.25, 0.3) is 0 Å². The largest absolute Gasteiger partial charge is 0.488 e. The molecule has 0 spiro atoms. The Bertz CT molecular complexity index is 844. The minimum absolute atomic E-state index is 0.479. The summed E-state index contributed by atoms with van der Waals surface area (Å²) in [6.45, 7) is 6.05. The Labute approximate surface area is 155 Å². The summed E-state index contributed by atoms with van der Waals surface area (Å²) in [6.07, 6.45) is 0. The summed E-state index contributed by atoms with van der Waals surface area (Å²) < 4.78 is 0. The summed E-state index contributed by atoms with van der Waals surface area (Å²) in [6, 6.07) is 25.3. The van der Waals surface area contributed by atoms with E-state index in [0.717, 1.165) is 22.5 Å². The predicted octanol–water partition coefficient (Wildman–Crippen LogP) is 3.81. The molecule has 0 bridgehead atoms. The molecule has 0 aromatic heterocycles. The summed E-state index contributed by atoms with van der Waals surface area (Å²) in [7, 11) is -1.43. The van der Waals surface area contributed by atoms with Crippen LogP contribution in [0.5, 0.6) is 0 Å². The zero-order valence-electron chi connectivity index (χ0n) is 15.4. The zero-order chi connectivity index (χ0) is 18.9. The van der Waals surface area contributed by atoms with E-state index in [1.165, 1.54) is 5.56 Å². The number of hydrogen-bond donors (Lipinski definition) is 2. The van der Waals surface area contributed by atoms with Gasteiger partial charge in [-0.1, -0.05) is 78.4 Å². The van der Waals surface area contributed by atoms with Gasteiger partial charge < -0.3 is 10.0 Å². The second kappa shape index (κ2) is 9.71. The number of para-hydroxylation sites is 1. The maximum atomic E-state index is 9.05. The number of aryl methyl sites for hydroxylation is 2. The van der Waals surface area contributed by atoms with Crippen LogP contribution in [0, 0.1) is 13.8 Å². The molecule has 2 N–H and O–H groups in total. The molecule has 3 nitrogen and oxygen atoms in total. The molecule has 3 aromatic carbocycles. The van der Waals surface area contributed by atoms with Gasteiger partial charge in [0.15, 0.2) is 0 Å². The second-order valence-electron chi connectivity index (χ2n) is 6.13. The molecule has 0 heterocycles. The SMILES string of the molecule is CC(=Nc1ccccc1C)c1ccc(B(O)O)cc1.Cc1ccccc1. The molecule has 0 atom stereocenters. The fourth-order valence-corrected chi connectivity index (χ4v) is 2.36. The first kappa shape index (κ1) is 19.6. The van der Waals surface area contributed by atoms with E-state index in [2.05, 4.69) is 24.0 Å². The van der Waals surface area contributed by atoms with E-state index in [1.807, 2.05) is 68.4 Å². The lowest BCUT2D eigenvalue weighted by molar-refractivity contribution is 0.426. The maximum Gasteiger partial charge on any atom is 0.488 e. The summed E-state index contributed by atoms with van der Waals surface area (Å²) in [5, 5.41) is 18.1. The molecule has 0 radical (unpaired) electrons. The molecule has 0 unspecified atom stereocenters. The molecule has 0 aliphatic rings. The van der Waals surface area contributed by atoms with Gasteiger partial charge in [-0.15, -0.1) is 0 Å². The first-order valence-corrected chi connectivity index (χ1v) is 8.56. The molecule has 0 saturated carbocycles. The monoisotopic (exact) mass is 345 g/mol. The van der Waals surface area contributed by atoms with Crippen molar-refractivity contribution < 1.29 is 10.0 Å². The quantitative estimate of drug-likeness (QED) is 0.560. The lowest BCUT2D eigenvalue weighted by atomic mass is 9.80. The topological polar surface area (TPSA) is 52.8 Å². The van der Waals surface area contributed by atoms with Crippen molar-refractivity contribution >= 4 is 24.0 Å². The average molecular weight is 345 g/mol.